The van der Waals surface area contributed by atoms with Gasteiger partial charge in [0.05, 0.1) is 26.0 Å². The van der Waals surface area contributed by atoms with E-state index >= 15 is 0 Å². The molecule has 0 aromatic heterocycles. The summed E-state index contributed by atoms with van der Waals surface area (Å²) in [6.07, 6.45) is 1.52. The molecule has 0 spiro atoms. The number of benzene rings is 3. The quantitative estimate of drug-likeness (QED) is 0.327. The van der Waals surface area contributed by atoms with E-state index in [1.165, 1.54) is 13.3 Å². The average molecular weight is 504 g/mol. The summed E-state index contributed by atoms with van der Waals surface area (Å²) in [4.78, 5) is 12.4. The number of rotatable bonds is 8. The molecule has 0 aliphatic heterocycles. The van der Waals surface area contributed by atoms with Gasteiger partial charge in [0, 0.05) is 9.50 Å². The van der Waals surface area contributed by atoms with E-state index < -0.39 is 0 Å². The van der Waals surface area contributed by atoms with Crippen molar-refractivity contribution in [3.05, 3.63) is 86.8 Å². The molecule has 8 heteroatoms. The van der Waals surface area contributed by atoms with Gasteiger partial charge in [0.25, 0.3) is 5.91 Å². The van der Waals surface area contributed by atoms with Gasteiger partial charge in [-0.2, -0.15) is 5.10 Å². The van der Waals surface area contributed by atoms with Gasteiger partial charge in [-0.15, -0.1) is 0 Å². The number of ether oxygens (including phenoxy) is 3. The third-order valence-corrected chi connectivity index (χ3v) is 5.03. The number of nitrogens with one attached hydrogen (secondary N) is 1. The van der Waals surface area contributed by atoms with Gasteiger partial charge in [0.1, 0.15) is 12.4 Å². The summed E-state index contributed by atoms with van der Waals surface area (Å²) in [6.45, 7) is 0.380. The Morgan fingerprint density at radius 3 is 2.42 bits per heavy atom. The molecule has 3 rings (SSSR count). The highest BCUT2D eigenvalue weighted by Crippen LogP contribution is 2.28. The zero-order chi connectivity index (χ0) is 22.2. The first-order valence-corrected chi connectivity index (χ1v) is 10.4. The molecule has 0 fully saturated rings. The lowest BCUT2D eigenvalue weighted by atomic mass is 10.2. The average Bonchev–Trinajstić information content (AvgIpc) is 2.79. The summed E-state index contributed by atoms with van der Waals surface area (Å²) >= 11 is 9.25. The highest BCUT2D eigenvalue weighted by molar-refractivity contribution is 9.10. The predicted octanol–water partition coefficient (Wildman–Crippen LogP) is 5.46. The standard InChI is InChI=1S/C23H20BrClN2O4/c1-29-20-10-6-17(24)12-19(20)23(28)27-26-13-16-5-9-21(22(11-16)30-2)31-14-15-3-7-18(25)8-4-15/h3-13H,14H2,1-2H3,(H,27,28)/b26-13-. The molecule has 0 saturated carbocycles. The molecule has 1 amide bonds. The number of carbonyl (C=O) groups is 1. The molecule has 1 N–H and O–H groups in total. The lowest BCUT2D eigenvalue weighted by molar-refractivity contribution is 0.0952. The highest BCUT2D eigenvalue weighted by atomic mass is 79.9. The smallest absolute Gasteiger partial charge is 0.275 e. The van der Waals surface area contributed by atoms with Crippen LogP contribution in [0.4, 0.5) is 0 Å². The number of halogens is 2. The minimum absolute atomic E-state index is 0.373. The van der Waals surface area contributed by atoms with Crippen molar-refractivity contribution >= 4 is 39.7 Å². The van der Waals surface area contributed by atoms with Gasteiger partial charge in [-0.25, -0.2) is 5.43 Å². The Morgan fingerprint density at radius 2 is 1.71 bits per heavy atom. The fraction of sp³-hybridized carbons (Fsp3) is 0.130. The SMILES string of the molecule is COc1cc(/C=N\NC(=O)c2cc(Br)ccc2OC)ccc1OCc1ccc(Cl)cc1. The van der Waals surface area contributed by atoms with Crippen LogP contribution >= 0.6 is 27.5 Å². The van der Waals surface area contributed by atoms with Crippen molar-refractivity contribution < 1.29 is 19.0 Å². The third kappa shape index (κ3) is 6.23. The molecule has 0 aliphatic carbocycles. The summed E-state index contributed by atoms with van der Waals surface area (Å²) in [7, 11) is 3.07. The summed E-state index contributed by atoms with van der Waals surface area (Å²) in [5, 5.41) is 4.70. The van der Waals surface area contributed by atoms with E-state index in [9.17, 15) is 4.79 Å². The van der Waals surface area contributed by atoms with Crippen molar-refractivity contribution in [3.8, 4) is 17.2 Å². The second-order valence-electron chi connectivity index (χ2n) is 6.37. The summed E-state index contributed by atoms with van der Waals surface area (Å²) in [6, 6.07) is 18.0. The molecule has 0 radical (unpaired) electrons. The van der Waals surface area contributed by atoms with E-state index in [2.05, 4.69) is 26.5 Å². The van der Waals surface area contributed by atoms with Gasteiger partial charge in [0.15, 0.2) is 11.5 Å². The van der Waals surface area contributed by atoms with Gasteiger partial charge >= 0.3 is 0 Å². The van der Waals surface area contributed by atoms with Crippen molar-refractivity contribution in [1.29, 1.82) is 0 Å². The van der Waals surface area contributed by atoms with E-state index in [0.717, 1.165) is 15.6 Å². The molecule has 0 atom stereocenters. The second-order valence-corrected chi connectivity index (χ2v) is 7.72. The Bertz CT molecular complexity index is 1090. The Labute approximate surface area is 193 Å². The van der Waals surface area contributed by atoms with E-state index in [1.54, 1.807) is 37.4 Å². The summed E-state index contributed by atoms with van der Waals surface area (Å²) < 4.78 is 17.2. The molecule has 3 aromatic carbocycles. The molecule has 0 unspecified atom stereocenters. The van der Waals surface area contributed by atoms with Gasteiger partial charge < -0.3 is 14.2 Å². The number of hydrogen-bond acceptors (Lipinski definition) is 5. The molecule has 0 aliphatic rings. The monoisotopic (exact) mass is 502 g/mol. The molecule has 0 bridgehead atoms. The van der Waals surface area contributed by atoms with Crippen LogP contribution in [0.15, 0.2) is 70.2 Å². The van der Waals surface area contributed by atoms with Crippen molar-refractivity contribution in [2.24, 2.45) is 5.10 Å². The van der Waals surface area contributed by atoms with Crippen molar-refractivity contribution in [1.82, 2.24) is 5.43 Å². The zero-order valence-electron chi connectivity index (χ0n) is 16.9. The topological polar surface area (TPSA) is 69.2 Å². The molecule has 6 nitrogen and oxygen atoms in total. The highest BCUT2D eigenvalue weighted by Gasteiger charge is 2.12. The summed E-state index contributed by atoms with van der Waals surface area (Å²) in [5.74, 6) is 1.22. The largest absolute Gasteiger partial charge is 0.496 e. The van der Waals surface area contributed by atoms with Crippen molar-refractivity contribution in [3.63, 3.8) is 0 Å². The molecular weight excluding hydrogens is 484 g/mol. The van der Waals surface area contributed by atoms with Crippen LogP contribution in [0.2, 0.25) is 5.02 Å². The maximum Gasteiger partial charge on any atom is 0.275 e. The first-order valence-electron chi connectivity index (χ1n) is 9.22. The first-order chi connectivity index (χ1) is 15.0. The van der Waals surface area contributed by atoms with Crippen LogP contribution in [-0.4, -0.2) is 26.3 Å². The van der Waals surface area contributed by atoms with Crippen molar-refractivity contribution in [2.45, 2.75) is 6.61 Å². The lowest BCUT2D eigenvalue weighted by Crippen LogP contribution is -2.18. The summed E-state index contributed by atoms with van der Waals surface area (Å²) in [5.41, 5.74) is 4.59. The van der Waals surface area contributed by atoms with E-state index in [1.807, 2.05) is 30.3 Å². The minimum Gasteiger partial charge on any atom is -0.496 e. The van der Waals surface area contributed by atoms with Crippen LogP contribution in [0.5, 0.6) is 17.2 Å². The predicted molar refractivity (Wildman–Crippen MR) is 125 cm³/mol. The molecule has 3 aromatic rings. The second kappa shape index (κ2) is 10.8. The van der Waals surface area contributed by atoms with E-state index in [4.69, 9.17) is 25.8 Å². The van der Waals surface area contributed by atoms with E-state index in [-0.39, 0.29) is 5.91 Å². The molecular formula is C23H20BrClN2O4. The molecule has 0 saturated heterocycles. The minimum atomic E-state index is -0.385. The number of hydrazone groups is 1. The van der Waals surface area contributed by atoms with Crippen LogP contribution < -0.4 is 19.6 Å². The van der Waals surface area contributed by atoms with Crippen LogP contribution in [0, 0.1) is 0 Å². The van der Waals surface area contributed by atoms with Gasteiger partial charge in [0.2, 0.25) is 0 Å². The normalized spacial score (nSPS) is 10.7. The van der Waals surface area contributed by atoms with Gasteiger partial charge in [-0.1, -0.05) is 39.7 Å². The zero-order valence-corrected chi connectivity index (χ0v) is 19.2. The Hall–Kier alpha value is -3.03. The molecule has 31 heavy (non-hydrogen) atoms. The molecule has 0 heterocycles. The Morgan fingerprint density at radius 1 is 1.00 bits per heavy atom. The van der Waals surface area contributed by atoms with Crippen LogP contribution in [0.25, 0.3) is 0 Å². The maximum absolute atomic E-state index is 12.4. The third-order valence-electron chi connectivity index (χ3n) is 4.28. The van der Waals surface area contributed by atoms with Gasteiger partial charge in [-0.3, -0.25) is 4.79 Å². The Kier molecular flexibility index (Phi) is 7.92. The molecule has 160 valence electrons. The van der Waals surface area contributed by atoms with E-state index in [0.29, 0.717) is 34.4 Å². The van der Waals surface area contributed by atoms with Crippen molar-refractivity contribution in [2.75, 3.05) is 14.2 Å². The Balaban J connectivity index is 1.65. The number of hydrogen-bond donors (Lipinski definition) is 1. The maximum atomic E-state index is 12.4. The number of methoxy groups -OCH3 is 2. The number of nitrogens with zero attached hydrogens (tertiary/aromatic N) is 1. The number of carbonyl (C=O) groups excluding carboxylic acids is 1. The fourth-order valence-electron chi connectivity index (χ4n) is 2.71. The van der Waals surface area contributed by atoms with Crippen LogP contribution in [0.1, 0.15) is 21.5 Å². The fourth-order valence-corrected chi connectivity index (χ4v) is 3.20. The lowest BCUT2D eigenvalue weighted by Gasteiger charge is -2.11. The van der Waals surface area contributed by atoms with Crippen LogP contribution in [-0.2, 0) is 6.61 Å². The first kappa shape index (κ1) is 22.7. The van der Waals surface area contributed by atoms with Crippen LogP contribution in [0.3, 0.4) is 0 Å². The van der Waals surface area contributed by atoms with Gasteiger partial charge in [-0.05, 0) is 59.7 Å². The number of amides is 1.